The van der Waals surface area contributed by atoms with E-state index >= 15 is 0 Å². The van der Waals surface area contributed by atoms with Crippen LogP contribution in [0.3, 0.4) is 0 Å². The molecule has 9 nitrogen and oxygen atoms in total. The molecule has 2 heterocycles. The first kappa shape index (κ1) is 28.6. The third-order valence-corrected chi connectivity index (χ3v) is 12.1. The third-order valence-electron chi connectivity index (χ3n) is 10.9. The average Bonchev–Trinajstić information content (AvgIpc) is 3.66. The Hall–Kier alpha value is -2.56. The molecule has 0 radical (unpaired) electrons. The standard InChI is InChI=1S/C31H38N2O7S/c1-30-8-5-21(34)12-20(30)3-4-22-23-11-19(15-33(38)14-18-6-9-39-16-18)27(31(23,2)13-24(32-37)28(22)30)25(35)17-41-26-7-10-40-29(26)36/h5-6,8-9,12,16,19,22-24,26-28,38H,3-4,7,10-11,13-15,17H2,1-2H3/t19-,22?,23?,24?,26?,27+,28?,30?,31?/m0/s1. The van der Waals surface area contributed by atoms with Crippen LogP contribution in [-0.2, 0) is 25.7 Å². The highest BCUT2D eigenvalue weighted by Crippen LogP contribution is 2.67. The van der Waals surface area contributed by atoms with Crippen LogP contribution in [0.25, 0.3) is 0 Å². The summed E-state index contributed by atoms with van der Waals surface area (Å²) in [7, 11) is 0. The number of hydrogen-bond acceptors (Lipinski definition) is 10. The summed E-state index contributed by atoms with van der Waals surface area (Å²) >= 11 is 1.35. The van der Waals surface area contributed by atoms with E-state index in [4.69, 9.17) is 9.15 Å². The fraction of sp³-hybridized carbons (Fsp3) is 0.645. The molecular formula is C31H38N2O7S. The van der Waals surface area contributed by atoms with Crippen molar-refractivity contribution in [1.29, 1.82) is 0 Å². The number of ether oxygens (including phenoxy) is 1. The van der Waals surface area contributed by atoms with Gasteiger partial charge in [-0.1, -0.05) is 30.7 Å². The van der Waals surface area contributed by atoms with Crippen LogP contribution in [0.5, 0.6) is 0 Å². The third kappa shape index (κ3) is 4.95. The first-order valence-electron chi connectivity index (χ1n) is 14.7. The first-order chi connectivity index (χ1) is 19.6. The molecule has 0 bridgehead atoms. The summed E-state index contributed by atoms with van der Waals surface area (Å²) in [5.41, 5.74) is 1.03. The molecule has 1 aliphatic heterocycles. The van der Waals surface area contributed by atoms with E-state index < -0.39 is 16.9 Å². The van der Waals surface area contributed by atoms with Crippen molar-refractivity contribution >= 4 is 29.3 Å². The Morgan fingerprint density at radius 2 is 2.10 bits per heavy atom. The van der Waals surface area contributed by atoms with Crippen molar-refractivity contribution in [2.75, 3.05) is 18.9 Å². The molecule has 4 aliphatic carbocycles. The number of Topliss-reactive ketones (excluding diaryl/α,β-unsaturated/α-hetero) is 1. The summed E-state index contributed by atoms with van der Waals surface area (Å²) in [6, 6.07) is 1.32. The number of nitroso groups, excluding NO2 is 1. The van der Waals surface area contributed by atoms with Gasteiger partial charge in [0.05, 0.1) is 37.5 Å². The van der Waals surface area contributed by atoms with Crippen LogP contribution in [0.1, 0.15) is 51.5 Å². The quantitative estimate of drug-likeness (QED) is 0.244. The molecule has 4 fully saturated rings. The average molecular weight is 583 g/mol. The monoisotopic (exact) mass is 582 g/mol. The van der Waals surface area contributed by atoms with Gasteiger partial charge in [-0.2, -0.15) is 9.97 Å². The smallest absolute Gasteiger partial charge is 0.319 e. The molecule has 0 aromatic carbocycles. The fourth-order valence-electron chi connectivity index (χ4n) is 9.25. The van der Waals surface area contributed by atoms with E-state index in [0.29, 0.717) is 26.0 Å². The Balaban J connectivity index is 1.30. The van der Waals surface area contributed by atoms with E-state index in [2.05, 4.69) is 19.0 Å². The van der Waals surface area contributed by atoms with Gasteiger partial charge in [0.25, 0.3) is 0 Å². The molecule has 41 heavy (non-hydrogen) atoms. The predicted molar refractivity (Wildman–Crippen MR) is 152 cm³/mol. The van der Waals surface area contributed by atoms with Crippen molar-refractivity contribution in [2.45, 2.75) is 63.8 Å². The van der Waals surface area contributed by atoms with Crippen LogP contribution in [0.4, 0.5) is 0 Å². The van der Waals surface area contributed by atoms with Crippen LogP contribution < -0.4 is 0 Å². The van der Waals surface area contributed by atoms with Crippen molar-refractivity contribution in [3.63, 3.8) is 0 Å². The van der Waals surface area contributed by atoms with E-state index in [1.54, 1.807) is 30.7 Å². The van der Waals surface area contributed by atoms with Gasteiger partial charge in [-0.15, -0.1) is 11.8 Å². The normalized spacial score (nSPS) is 39.6. The number of carbonyl (C=O) groups is 3. The van der Waals surface area contributed by atoms with Gasteiger partial charge in [0.2, 0.25) is 0 Å². The highest BCUT2D eigenvalue weighted by Gasteiger charge is 2.65. The number of nitrogens with zero attached hydrogens (tertiary/aromatic N) is 2. The zero-order chi connectivity index (χ0) is 28.9. The number of hydroxylamine groups is 2. The van der Waals surface area contributed by atoms with Gasteiger partial charge in [0, 0.05) is 35.8 Å². The lowest BCUT2D eigenvalue weighted by molar-refractivity contribution is -0.137. The summed E-state index contributed by atoms with van der Waals surface area (Å²) < 4.78 is 10.3. The molecule has 0 amide bonds. The summed E-state index contributed by atoms with van der Waals surface area (Å²) in [6.45, 7) is 5.26. The molecule has 0 spiro atoms. The number of rotatable bonds is 9. The summed E-state index contributed by atoms with van der Waals surface area (Å²) in [4.78, 5) is 50.9. The van der Waals surface area contributed by atoms with Crippen LogP contribution in [0, 0.1) is 45.3 Å². The second kappa shape index (κ2) is 10.9. The Labute approximate surface area is 244 Å². The Morgan fingerprint density at radius 3 is 2.80 bits per heavy atom. The van der Waals surface area contributed by atoms with Crippen molar-refractivity contribution in [3.8, 4) is 0 Å². The van der Waals surface area contributed by atoms with Crippen molar-refractivity contribution < 1.29 is 28.7 Å². The highest BCUT2D eigenvalue weighted by atomic mass is 32.2. The zero-order valence-electron chi connectivity index (χ0n) is 23.6. The molecule has 1 N–H and O–H groups in total. The lowest BCUT2D eigenvalue weighted by Gasteiger charge is -2.58. The minimum atomic E-state index is -0.490. The van der Waals surface area contributed by atoms with E-state index in [0.717, 1.165) is 30.4 Å². The number of furan rings is 1. The van der Waals surface area contributed by atoms with Gasteiger partial charge in [-0.3, -0.25) is 14.4 Å². The number of cyclic esters (lactones) is 1. The van der Waals surface area contributed by atoms with Crippen molar-refractivity contribution in [1.82, 2.24) is 5.06 Å². The van der Waals surface area contributed by atoms with E-state index in [1.807, 2.05) is 6.08 Å². The maximum absolute atomic E-state index is 14.1. The fourth-order valence-corrected chi connectivity index (χ4v) is 10.3. The second-order valence-corrected chi connectivity index (χ2v) is 14.3. The largest absolute Gasteiger partial charge is 0.472 e. The molecule has 9 atom stereocenters. The second-order valence-electron chi connectivity index (χ2n) is 13.1. The number of fused-ring (bicyclic) bond motifs is 5. The molecule has 5 aliphatic rings. The highest BCUT2D eigenvalue weighted by molar-refractivity contribution is 8.01. The van der Waals surface area contributed by atoms with Gasteiger partial charge in [0.15, 0.2) is 5.78 Å². The summed E-state index contributed by atoms with van der Waals surface area (Å²) in [5.74, 6) is -0.235. The Morgan fingerprint density at radius 1 is 1.27 bits per heavy atom. The Kier molecular flexibility index (Phi) is 7.61. The van der Waals surface area contributed by atoms with Crippen molar-refractivity contribution in [3.05, 3.63) is 52.9 Å². The van der Waals surface area contributed by atoms with E-state index in [9.17, 15) is 24.5 Å². The number of allylic oxidation sites excluding steroid dienone is 4. The molecule has 1 aromatic heterocycles. The number of thioether (sulfide) groups is 1. The SMILES string of the molecule is CC12C=CC(=O)C=C1CCC1C2C(N=O)CC2(C)C1C[C@@H](CN(O)Cc1ccoc1)[C@@H]2C(=O)CSC1CCOC1=O. The van der Waals surface area contributed by atoms with Crippen LogP contribution >= 0.6 is 11.8 Å². The molecule has 3 saturated carbocycles. The van der Waals surface area contributed by atoms with Gasteiger partial charge in [-0.05, 0) is 67.1 Å². The molecule has 7 unspecified atom stereocenters. The first-order valence-corrected chi connectivity index (χ1v) is 15.7. The lowest BCUT2D eigenvalue weighted by atomic mass is 9.46. The molecular weight excluding hydrogens is 544 g/mol. The summed E-state index contributed by atoms with van der Waals surface area (Å²) in [6.07, 6.45) is 12.0. The van der Waals surface area contributed by atoms with Gasteiger partial charge in [-0.25, -0.2) is 0 Å². The topological polar surface area (TPSA) is 126 Å². The van der Waals surface area contributed by atoms with Gasteiger partial charge >= 0.3 is 5.97 Å². The summed E-state index contributed by atoms with van der Waals surface area (Å²) in [5, 5.41) is 15.6. The van der Waals surface area contributed by atoms with Crippen LogP contribution in [0.2, 0.25) is 0 Å². The molecule has 220 valence electrons. The number of esters is 1. The van der Waals surface area contributed by atoms with Crippen molar-refractivity contribution in [2.24, 2.45) is 45.6 Å². The van der Waals surface area contributed by atoms with Crippen LogP contribution in [0.15, 0.2) is 52.0 Å². The van der Waals surface area contributed by atoms with E-state index in [1.165, 1.54) is 16.8 Å². The predicted octanol–water partition coefficient (Wildman–Crippen LogP) is 4.98. The zero-order valence-corrected chi connectivity index (χ0v) is 24.4. The number of carbonyl (C=O) groups excluding carboxylic acids is 3. The number of hydrogen-bond donors (Lipinski definition) is 1. The molecule has 1 aromatic rings. The van der Waals surface area contributed by atoms with Gasteiger partial charge < -0.3 is 14.4 Å². The van der Waals surface area contributed by atoms with E-state index in [-0.39, 0.29) is 64.7 Å². The molecule has 10 heteroatoms. The lowest BCUT2D eigenvalue weighted by Crippen LogP contribution is -2.56. The minimum absolute atomic E-state index is 0.0110. The maximum atomic E-state index is 14.1. The van der Waals surface area contributed by atoms with Crippen LogP contribution in [-0.4, -0.2) is 58.0 Å². The Bertz CT molecular complexity index is 1280. The molecule has 6 rings (SSSR count). The number of ketones is 2. The van der Waals surface area contributed by atoms with Gasteiger partial charge in [0.1, 0.15) is 11.0 Å². The minimum Gasteiger partial charge on any atom is -0.472 e. The maximum Gasteiger partial charge on any atom is 0.319 e. The molecule has 1 saturated heterocycles.